The maximum atomic E-state index is 12.4. The van der Waals surface area contributed by atoms with Crippen molar-refractivity contribution in [3.05, 3.63) is 29.8 Å². The van der Waals surface area contributed by atoms with Gasteiger partial charge in [-0.3, -0.25) is 4.79 Å². The smallest absolute Gasteiger partial charge is 0.319 e. The number of benzene rings is 1. The van der Waals surface area contributed by atoms with E-state index in [0.29, 0.717) is 39.0 Å². The highest BCUT2D eigenvalue weighted by Gasteiger charge is 2.24. The lowest BCUT2D eigenvalue weighted by atomic mass is 10.1. The quantitative estimate of drug-likeness (QED) is 0.844. The molecule has 0 bridgehead atoms. The van der Waals surface area contributed by atoms with E-state index in [0.717, 1.165) is 11.3 Å². The van der Waals surface area contributed by atoms with Gasteiger partial charge in [0, 0.05) is 46.7 Å². The van der Waals surface area contributed by atoms with Crippen molar-refractivity contribution in [3.8, 4) is 5.75 Å². The lowest BCUT2D eigenvalue weighted by Crippen LogP contribution is -2.52. The van der Waals surface area contributed by atoms with Crippen LogP contribution in [0.4, 0.5) is 4.79 Å². The van der Waals surface area contributed by atoms with E-state index in [1.54, 1.807) is 31.0 Å². The molecule has 0 aliphatic carbocycles. The first kappa shape index (κ1) is 17.1. The highest BCUT2D eigenvalue weighted by molar-refractivity contribution is 5.78. The number of hydrogen-bond acceptors (Lipinski definition) is 3. The lowest BCUT2D eigenvalue weighted by molar-refractivity contribution is -0.132. The molecule has 6 heteroatoms. The van der Waals surface area contributed by atoms with Crippen LogP contribution in [0.25, 0.3) is 0 Å². The highest BCUT2D eigenvalue weighted by atomic mass is 16.5. The van der Waals surface area contributed by atoms with Gasteiger partial charge in [-0.2, -0.15) is 0 Å². The van der Waals surface area contributed by atoms with Gasteiger partial charge in [0.25, 0.3) is 0 Å². The molecule has 0 saturated carbocycles. The molecule has 0 unspecified atom stereocenters. The molecule has 1 saturated heterocycles. The maximum absolute atomic E-state index is 12.4. The van der Waals surface area contributed by atoms with Crippen LogP contribution in [0.1, 0.15) is 12.0 Å². The third-order valence-corrected chi connectivity index (χ3v) is 4.09. The van der Waals surface area contributed by atoms with Gasteiger partial charge in [0.2, 0.25) is 5.91 Å². The molecule has 0 N–H and O–H groups in total. The van der Waals surface area contributed by atoms with Crippen molar-refractivity contribution in [2.45, 2.75) is 12.8 Å². The standard InChI is InChI=1S/C17H25N3O3/c1-18(2)17(22)20-12-10-19(11-13-20)16(21)9-8-14-6-4-5-7-15(14)23-3/h4-7H,8-13H2,1-3H3. The largest absolute Gasteiger partial charge is 0.496 e. The molecule has 0 spiro atoms. The number of methoxy groups -OCH3 is 1. The number of para-hydroxylation sites is 1. The summed E-state index contributed by atoms with van der Waals surface area (Å²) in [6, 6.07) is 7.77. The van der Waals surface area contributed by atoms with Crippen LogP contribution in [-0.4, -0.2) is 74.0 Å². The van der Waals surface area contributed by atoms with E-state index in [2.05, 4.69) is 0 Å². The lowest BCUT2D eigenvalue weighted by Gasteiger charge is -2.36. The van der Waals surface area contributed by atoms with Crippen molar-refractivity contribution in [1.82, 2.24) is 14.7 Å². The zero-order valence-corrected chi connectivity index (χ0v) is 14.1. The molecule has 1 aliphatic rings. The summed E-state index contributed by atoms with van der Waals surface area (Å²) in [5, 5.41) is 0. The Bertz CT molecular complexity index is 552. The summed E-state index contributed by atoms with van der Waals surface area (Å²) in [6.45, 7) is 2.39. The average Bonchev–Trinajstić information content (AvgIpc) is 2.59. The molecule has 0 atom stereocenters. The molecular weight excluding hydrogens is 294 g/mol. The number of piperazine rings is 1. The molecule has 0 aromatic heterocycles. The maximum Gasteiger partial charge on any atom is 0.319 e. The minimum absolute atomic E-state index is 0.00567. The van der Waals surface area contributed by atoms with Gasteiger partial charge in [-0.05, 0) is 18.1 Å². The molecule has 0 radical (unpaired) electrons. The third-order valence-electron chi connectivity index (χ3n) is 4.09. The fourth-order valence-corrected chi connectivity index (χ4v) is 2.74. The van der Waals surface area contributed by atoms with Crippen LogP contribution in [0, 0.1) is 0 Å². The summed E-state index contributed by atoms with van der Waals surface area (Å²) in [4.78, 5) is 29.4. The number of ether oxygens (including phenoxy) is 1. The van der Waals surface area contributed by atoms with Crippen molar-refractivity contribution in [2.24, 2.45) is 0 Å². The van der Waals surface area contributed by atoms with E-state index >= 15 is 0 Å². The monoisotopic (exact) mass is 319 g/mol. The van der Waals surface area contributed by atoms with Crippen LogP contribution in [0.15, 0.2) is 24.3 Å². The van der Waals surface area contributed by atoms with Gasteiger partial charge in [-0.25, -0.2) is 4.79 Å². The Morgan fingerprint density at radius 2 is 1.70 bits per heavy atom. The SMILES string of the molecule is COc1ccccc1CCC(=O)N1CCN(C(=O)N(C)C)CC1. The van der Waals surface area contributed by atoms with Crippen molar-refractivity contribution >= 4 is 11.9 Å². The Labute approximate surface area is 137 Å². The van der Waals surface area contributed by atoms with Crippen molar-refractivity contribution < 1.29 is 14.3 Å². The molecule has 2 rings (SSSR count). The summed E-state index contributed by atoms with van der Waals surface area (Å²) in [5.74, 6) is 0.953. The van der Waals surface area contributed by atoms with Crippen molar-refractivity contribution in [2.75, 3.05) is 47.4 Å². The van der Waals surface area contributed by atoms with Gasteiger partial charge in [0.15, 0.2) is 0 Å². The first-order chi connectivity index (χ1) is 11.0. The Morgan fingerprint density at radius 1 is 1.09 bits per heavy atom. The summed E-state index contributed by atoms with van der Waals surface area (Å²) >= 11 is 0. The van der Waals surface area contributed by atoms with E-state index in [-0.39, 0.29) is 11.9 Å². The number of carbonyl (C=O) groups is 2. The molecular formula is C17H25N3O3. The molecule has 6 nitrogen and oxygen atoms in total. The second kappa shape index (κ2) is 7.85. The van der Waals surface area contributed by atoms with E-state index in [1.807, 2.05) is 29.2 Å². The van der Waals surface area contributed by atoms with E-state index < -0.39 is 0 Å². The first-order valence-electron chi connectivity index (χ1n) is 7.89. The molecule has 1 heterocycles. The average molecular weight is 319 g/mol. The van der Waals surface area contributed by atoms with Crippen LogP contribution in [0.2, 0.25) is 0 Å². The number of carbonyl (C=O) groups excluding carboxylic acids is 2. The van der Waals surface area contributed by atoms with Gasteiger partial charge >= 0.3 is 6.03 Å². The number of hydrogen-bond donors (Lipinski definition) is 0. The van der Waals surface area contributed by atoms with Gasteiger partial charge in [0.1, 0.15) is 5.75 Å². The molecule has 1 aliphatic heterocycles. The molecule has 1 fully saturated rings. The minimum atomic E-state index is 0.00567. The summed E-state index contributed by atoms with van der Waals surface area (Å²) < 4.78 is 5.31. The molecule has 1 aromatic rings. The summed E-state index contributed by atoms with van der Waals surface area (Å²) in [5.41, 5.74) is 1.05. The normalized spacial score (nSPS) is 14.6. The number of nitrogens with zero attached hydrogens (tertiary/aromatic N) is 3. The second-order valence-electron chi connectivity index (χ2n) is 5.86. The third kappa shape index (κ3) is 4.37. The van der Waals surface area contributed by atoms with Crippen molar-refractivity contribution in [1.29, 1.82) is 0 Å². The van der Waals surface area contributed by atoms with E-state index in [9.17, 15) is 9.59 Å². The van der Waals surface area contributed by atoms with Crippen LogP contribution < -0.4 is 4.74 Å². The predicted octanol–water partition coefficient (Wildman–Crippen LogP) is 1.45. The Hall–Kier alpha value is -2.24. The van der Waals surface area contributed by atoms with Crippen LogP contribution in [0.5, 0.6) is 5.75 Å². The fraction of sp³-hybridized carbons (Fsp3) is 0.529. The Morgan fingerprint density at radius 3 is 2.30 bits per heavy atom. The summed E-state index contributed by atoms with van der Waals surface area (Å²) in [6.07, 6.45) is 1.13. The highest BCUT2D eigenvalue weighted by Crippen LogP contribution is 2.19. The van der Waals surface area contributed by atoms with Gasteiger partial charge < -0.3 is 19.4 Å². The molecule has 3 amide bonds. The number of amides is 3. The number of urea groups is 1. The van der Waals surface area contributed by atoms with E-state index in [1.165, 1.54) is 0 Å². The number of rotatable bonds is 4. The molecule has 1 aromatic carbocycles. The number of aryl methyl sites for hydroxylation is 1. The van der Waals surface area contributed by atoms with Crippen molar-refractivity contribution in [3.63, 3.8) is 0 Å². The predicted molar refractivity (Wildman–Crippen MR) is 88.6 cm³/mol. The molecule has 126 valence electrons. The fourth-order valence-electron chi connectivity index (χ4n) is 2.74. The van der Waals surface area contributed by atoms with Gasteiger partial charge in [-0.1, -0.05) is 18.2 Å². The summed E-state index contributed by atoms with van der Waals surface area (Å²) in [7, 11) is 5.13. The Balaban J connectivity index is 1.82. The Kier molecular flexibility index (Phi) is 5.84. The van der Waals surface area contributed by atoms with Crippen LogP contribution in [0.3, 0.4) is 0 Å². The molecule has 23 heavy (non-hydrogen) atoms. The first-order valence-corrected chi connectivity index (χ1v) is 7.89. The second-order valence-corrected chi connectivity index (χ2v) is 5.86. The minimum Gasteiger partial charge on any atom is -0.496 e. The van der Waals surface area contributed by atoms with E-state index in [4.69, 9.17) is 4.74 Å². The van der Waals surface area contributed by atoms with Crippen LogP contribution in [-0.2, 0) is 11.2 Å². The topological polar surface area (TPSA) is 53.1 Å². The zero-order valence-electron chi connectivity index (χ0n) is 14.1. The van der Waals surface area contributed by atoms with Gasteiger partial charge in [0.05, 0.1) is 7.11 Å². The van der Waals surface area contributed by atoms with Crippen LogP contribution >= 0.6 is 0 Å². The zero-order chi connectivity index (χ0) is 16.8. The van der Waals surface area contributed by atoms with Gasteiger partial charge in [-0.15, -0.1) is 0 Å².